The van der Waals surface area contributed by atoms with Crippen molar-refractivity contribution in [3.8, 4) is 6.07 Å². The zero-order valence-corrected chi connectivity index (χ0v) is 14.9. The van der Waals surface area contributed by atoms with Gasteiger partial charge < -0.3 is 10.6 Å². The minimum atomic E-state index is -0.486. The van der Waals surface area contributed by atoms with Gasteiger partial charge in [0, 0.05) is 13.2 Å². The molecule has 25 heavy (non-hydrogen) atoms. The van der Waals surface area contributed by atoms with Crippen molar-refractivity contribution in [2.45, 2.75) is 19.3 Å². The predicted molar refractivity (Wildman–Crippen MR) is 92.7 cm³/mol. The van der Waals surface area contributed by atoms with E-state index in [-0.39, 0.29) is 34.4 Å². The van der Waals surface area contributed by atoms with Crippen LogP contribution in [0.2, 0.25) is 0 Å². The van der Waals surface area contributed by atoms with Crippen molar-refractivity contribution in [3.63, 3.8) is 0 Å². The van der Waals surface area contributed by atoms with Crippen molar-refractivity contribution in [3.05, 3.63) is 40.4 Å². The third kappa shape index (κ3) is 4.25. The number of amides is 2. The van der Waals surface area contributed by atoms with Crippen LogP contribution < -0.4 is 10.6 Å². The second-order valence-corrected chi connectivity index (χ2v) is 6.07. The number of urea groups is 1. The third-order valence-corrected chi connectivity index (χ3v) is 4.52. The van der Waals surface area contributed by atoms with Crippen molar-refractivity contribution >= 4 is 27.1 Å². The van der Waals surface area contributed by atoms with Crippen LogP contribution in [-0.2, 0) is 4.79 Å². The van der Waals surface area contributed by atoms with Gasteiger partial charge >= 0.3 is 6.03 Å². The first kappa shape index (κ1) is 18.7. The lowest BCUT2D eigenvalue weighted by Crippen LogP contribution is -2.28. The average Bonchev–Trinajstić information content (AvgIpc) is 3.41. The van der Waals surface area contributed by atoms with E-state index >= 15 is 0 Å². The van der Waals surface area contributed by atoms with Crippen LogP contribution >= 0.6 is 9.24 Å². The summed E-state index contributed by atoms with van der Waals surface area (Å²) in [6, 6.07) is 3.08. The molecule has 1 heterocycles. The van der Waals surface area contributed by atoms with Gasteiger partial charge in [-0.25, -0.2) is 9.18 Å². The molecule has 0 spiro atoms. The monoisotopic (exact) mass is 361 g/mol. The van der Waals surface area contributed by atoms with E-state index < -0.39 is 6.03 Å². The molecular formula is C16H17FN5O2P. The minimum absolute atomic E-state index is 0.00527. The van der Waals surface area contributed by atoms with Gasteiger partial charge in [0.05, 0.1) is 11.3 Å². The fraction of sp³-hybridized carbons (Fsp3) is 0.312. The van der Waals surface area contributed by atoms with Crippen LogP contribution in [0, 0.1) is 17.2 Å². The fourth-order valence-electron chi connectivity index (χ4n) is 2.49. The quantitative estimate of drug-likeness (QED) is 0.474. The third-order valence-electron chi connectivity index (χ3n) is 4.06. The Balaban J connectivity index is 2.35. The first-order valence-electron chi connectivity index (χ1n) is 7.46. The minimum Gasteiger partial charge on any atom is -0.341 e. The number of rotatable bonds is 5. The number of allylic oxidation sites excluding steroid dienone is 2. The SMILES string of the molecule is CNC(=O)N/C=C(\C=O)c1cc(C2C[C@@H]2/C(C)=C(/F)P)c(C#N)nn1. The number of aldehydes is 1. The summed E-state index contributed by atoms with van der Waals surface area (Å²) >= 11 is 0. The van der Waals surface area contributed by atoms with E-state index in [9.17, 15) is 19.2 Å². The van der Waals surface area contributed by atoms with Crippen molar-refractivity contribution in [2.75, 3.05) is 7.05 Å². The van der Waals surface area contributed by atoms with E-state index in [1.165, 1.54) is 13.2 Å². The van der Waals surface area contributed by atoms with Crippen LogP contribution in [0.1, 0.15) is 36.2 Å². The van der Waals surface area contributed by atoms with Crippen LogP contribution in [0.4, 0.5) is 9.18 Å². The molecule has 3 atom stereocenters. The summed E-state index contributed by atoms with van der Waals surface area (Å²) in [7, 11) is 3.48. The first-order valence-corrected chi connectivity index (χ1v) is 8.04. The van der Waals surface area contributed by atoms with E-state index in [4.69, 9.17) is 0 Å². The summed E-state index contributed by atoms with van der Waals surface area (Å²) in [6.07, 6.45) is 2.45. The number of carbonyl (C=O) groups excluding carboxylic acids is 2. The molecule has 0 bridgehead atoms. The molecule has 2 amide bonds. The number of nitrogens with zero attached hydrogens (tertiary/aromatic N) is 3. The number of nitriles is 1. The maximum Gasteiger partial charge on any atom is 0.318 e. The zero-order chi connectivity index (χ0) is 18.6. The lowest BCUT2D eigenvalue weighted by molar-refractivity contribution is -0.103. The summed E-state index contributed by atoms with van der Waals surface area (Å²) in [6.45, 7) is 1.71. The Morgan fingerprint density at radius 1 is 1.52 bits per heavy atom. The molecule has 0 aliphatic heterocycles. The fourth-order valence-corrected chi connectivity index (χ4v) is 2.71. The molecule has 0 aromatic carbocycles. The molecule has 1 aliphatic rings. The Hall–Kier alpha value is -2.65. The molecule has 0 radical (unpaired) electrons. The summed E-state index contributed by atoms with van der Waals surface area (Å²) in [5, 5.41) is 21.7. The topological polar surface area (TPSA) is 108 Å². The number of hydrogen-bond donors (Lipinski definition) is 2. The summed E-state index contributed by atoms with van der Waals surface area (Å²) in [5.74, 6) is -0.0516. The first-order chi connectivity index (χ1) is 11.9. The van der Waals surface area contributed by atoms with Crippen molar-refractivity contribution < 1.29 is 14.0 Å². The van der Waals surface area contributed by atoms with E-state index in [0.29, 0.717) is 23.8 Å². The Morgan fingerprint density at radius 3 is 2.80 bits per heavy atom. The molecule has 1 aromatic heterocycles. The Bertz CT molecular complexity index is 811. The van der Waals surface area contributed by atoms with E-state index in [1.54, 1.807) is 13.0 Å². The van der Waals surface area contributed by atoms with Gasteiger partial charge in [-0.2, -0.15) is 5.26 Å². The molecule has 1 aromatic rings. The van der Waals surface area contributed by atoms with Crippen LogP contribution in [0.3, 0.4) is 0 Å². The second kappa shape index (κ2) is 7.95. The Morgan fingerprint density at radius 2 is 2.24 bits per heavy atom. The summed E-state index contributed by atoms with van der Waals surface area (Å²) in [5.41, 5.74) is 1.43. The van der Waals surface area contributed by atoms with Gasteiger partial charge in [-0.3, -0.25) is 4.79 Å². The highest BCUT2D eigenvalue weighted by atomic mass is 31.0. The van der Waals surface area contributed by atoms with Crippen LogP contribution in [0.5, 0.6) is 0 Å². The van der Waals surface area contributed by atoms with Gasteiger partial charge in [-0.1, -0.05) is 9.24 Å². The molecule has 0 saturated heterocycles. The maximum atomic E-state index is 13.4. The summed E-state index contributed by atoms with van der Waals surface area (Å²) in [4.78, 5) is 22.5. The highest BCUT2D eigenvalue weighted by Gasteiger charge is 2.42. The molecule has 2 N–H and O–H groups in total. The highest BCUT2D eigenvalue weighted by molar-refractivity contribution is 7.22. The predicted octanol–water partition coefficient (Wildman–Crippen LogP) is 2.00. The Kier molecular flexibility index (Phi) is 5.94. The molecule has 1 fully saturated rings. The van der Waals surface area contributed by atoms with Gasteiger partial charge in [0.25, 0.3) is 0 Å². The van der Waals surface area contributed by atoms with Gasteiger partial charge in [-0.15, -0.1) is 10.2 Å². The zero-order valence-electron chi connectivity index (χ0n) is 13.7. The lowest BCUT2D eigenvalue weighted by atomic mass is 10.0. The van der Waals surface area contributed by atoms with Crippen molar-refractivity contribution in [1.29, 1.82) is 5.26 Å². The van der Waals surface area contributed by atoms with Crippen molar-refractivity contribution in [2.24, 2.45) is 5.92 Å². The number of carbonyl (C=O) groups is 2. The van der Waals surface area contributed by atoms with Gasteiger partial charge in [-0.05, 0) is 42.4 Å². The molecule has 9 heteroatoms. The van der Waals surface area contributed by atoms with Gasteiger partial charge in [0.1, 0.15) is 11.6 Å². The smallest absolute Gasteiger partial charge is 0.318 e. The normalized spacial score (nSPS) is 20.2. The molecule has 2 rings (SSSR count). The Labute approximate surface area is 146 Å². The number of aromatic nitrogens is 2. The van der Waals surface area contributed by atoms with E-state index in [0.717, 1.165) is 0 Å². The summed E-state index contributed by atoms with van der Waals surface area (Å²) < 4.78 is 13.4. The molecule has 2 unspecified atom stereocenters. The number of hydrogen-bond acceptors (Lipinski definition) is 5. The molecule has 1 aliphatic carbocycles. The number of nitrogens with one attached hydrogen (secondary N) is 2. The lowest BCUT2D eigenvalue weighted by Gasteiger charge is -2.06. The van der Waals surface area contributed by atoms with Gasteiger partial charge in [0.2, 0.25) is 0 Å². The largest absolute Gasteiger partial charge is 0.341 e. The molecule has 7 nitrogen and oxygen atoms in total. The van der Waals surface area contributed by atoms with Crippen LogP contribution in [-0.4, -0.2) is 29.6 Å². The highest BCUT2D eigenvalue weighted by Crippen LogP contribution is 2.53. The van der Waals surface area contributed by atoms with Crippen molar-refractivity contribution in [1.82, 2.24) is 20.8 Å². The standard InChI is InChI=1S/C16H17FN5O2P/c1-8(15(17)25)10-3-11(10)12-4-13(21-22-14(12)5-18)9(7-23)6-20-16(24)19-2/h4,6-7,10-11H,3,25H2,1-2H3,(H2,19,20,24)/b9-6+,15-8-/t10-,11?/m1/s1. The molecule has 130 valence electrons. The second-order valence-electron chi connectivity index (χ2n) is 5.57. The molecule has 1 saturated carbocycles. The molecular weight excluding hydrogens is 344 g/mol. The van der Waals surface area contributed by atoms with E-state index in [2.05, 4.69) is 20.8 Å². The average molecular weight is 361 g/mol. The maximum absolute atomic E-state index is 13.4. The van der Waals surface area contributed by atoms with Crippen LogP contribution in [0.15, 0.2) is 23.4 Å². The van der Waals surface area contributed by atoms with Gasteiger partial charge in [0.15, 0.2) is 12.0 Å². The van der Waals surface area contributed by atoms with Crippen LogP contribution in [0.25, 0.3) is 5.57 Å². The van der Waals surface area contributed by atoms with E-state index in [1.807, 2.05) is 15.3 Å². The number of halogens is 1.